The Hall–Kier alpha value is -1.60. The van der Waals surface area contributed by atoms with E-state index in [-0.39, 0.29) is 12.2 Å². The molecule has 23 heavy (non-hydrogen) atoms. The monoisotopic (exact) mass is 381 g/mol. The summed E-state index contributed by atoms with van der Waals surface area (Å²) in [4.78, 5) is 18.5. The Morgan fingerprint density at radius 1 is 1.43 bits per heavy atom. The highest BCUT2D eigenvalue weighted by atomic mass is 79.9. The SMILES string of the molecule is CC(C)(C)OC(=O)N1CCOC(c2cn3c(Br)cccc3n2)C1. The molecule has 3 rings (SSSR count). The maximum absolute atomic E-state index is 12.2. The summed E-state index contributed by atoms with van der Waals surface area (Å²) in [7, 11) is 0. The molecular formula is C16H20BrN3O3. The van der Waals surface area contributed by atoms with E-state index in [9.17, 15) is 4.79 Å². The predicted octanol–water partition coefficient (Wildman–Crippen LogP) is 3.41. The Morgan fingerprint density at radius 2 is 2.22 bits per heavy atom. The first-order valence-electron chi connectivity index (χ1n) is 7.56. The molecule has 2 aromatic heterocycles. The van der Waals surface area contributed by atoms with Crippen molar-refractivity contribution in [3.8, 4) is 0 Å². The molecule has 0 saturated carbocycles. The van der Waals surface area contributed by atoms with Crippen molar-refractivity contribution in [2.75, 3.05) is 19.7 Å². The summed E-state index contributed by atoms with van der Waals surface area (Å²) in [6, 6.07) is 5.82. The number of hydrogen-bond acceptors (Lipinski definition) is 4. The van der Waals surface area contributed by atoms with E-state index in [0.717, 1.165) is 15.9 Å². The molecule has 0 aliphatic carbocycles. The van der Waals surface area contributed by atoms with Crippen LogP contribution in [-0.4, -0.2) is 45.7 Å². The van der Waals surface area contributed by atoms with Crippen molar-refractivity contribution in [1.29, 1.82) is 0 Å². The molecule has 0 aromatic carbocycles. The molecular weight excluding hydrogens is 362 g/mol. The molecule has 0 spiro atoms. The second-order valence-electron chi connectivity index (χ2n) is 6.53. The highest BCUT2D eigenvalue weighted by molar-refractivity contribution is 9.10. The van der Waals surface area contributed by atoms with Crippen LogP contribution in [0.25, 0.3) is 5.65 Å². The molecule has 1 atom stereocenters. The minimum atomic E-state index is -0.501. The van der Waals surface area contributed by atoms with E-state index in [1.807, 2.05) is 49.6 Å². The van der Waals surface area contributed by atoms with Gasteiger partial charge in [-0.1, -0.05) is 6.07 Å². The lowest BCUT2D eigenvalue weighted by Crippen LogP contribution is -2.44. The lowest BCUT2D eigenvalue weighted by molar-refractivity contribution is -0.0445. The third-order valence-electron chi connectivity index (χ3n) is 3.51. The number of rotatable bonds is 1. The first-order chi connectivity index (χ1) is 10.8. The fraction of sp³-hybridized carbons (Fsp3) is 0.500. The third-order valence-corrected chi connectivity index (χ3v) is 4.16. The molecule has 2 aromatic rings. The Bertz CT molecular complexity index is 723. The van der Waals surface area contributed by atoms with Gasteiger partial charge in [-0.15, -0.1) is 0 Å². The molecule has 0 bridgehead atoms. The maximum Gasteiger partial charge on any atom is 0.410 e. The van der Waals surface area contributed by atoms with Gasteiger partial charge < -0.3 is 14.4 Å². The average molecular weight is 382 g/mol. The van der Waals surface area contributed by atoms with Crippen molar-refractivity contribution in [2.24, 2.45) is 0 Å². The Kier molecular flexibility index (Phi) is 4.33. The number of pyridine rings is 1. The van der Waals surface area contributed by atoms with Crippen LogP contribution in [0, 0.1) is 0 Å². The molecule has 7 heteroatoms. The van der Waals surface area contributed by atoms with Gasteiger partial charge in [-0.2, -0.15) is 0 Å². The second-order valence-corrected chi connectivity index (χ2v) is 7.34. The summed E-state index contributed by atoms with van der Waals surface area (Å²) in [6.07, 6.45) is 1.38. The van der Waals surface area contributed by atoms with E-state index < -0.39 is 5.60 Å². The summed E-state index contributed by atoms with van der Waals surface area (Å²) in [5.74, 6) is 0. The van der Waals surface area contributed by atoms with Crippen LogP contribution in [0.5, 0.6) is 0 Å². The summed E-state index contributed by atoms with van der Waals surface area (Å²) >= 11 is 3.50. The minimum Gasteiger partial charge on any atom is -0.444 e. The summed E-state index contributed by atoms with van der Waals surface area (Å²) in [6.45, 7) is 7.03. The fourth-order valence-corrected chi connectivity index (χ4v) is 2.91. The third kappa shape index (κ3) is 3.67. The number of morpholine rings is 1. The predicted molar refractivity (Wildman–Crippen MR) is 89.4 cm³/mol. The average Bonchev–Trinajstić information content (AvgIpc) is 2.91. The minimum absolute atomic E-state index is 0.247. The van der Waals surface area contributed by atoms with Gasteiger partial charge >= 0.3 is 6.09 Å². The Balaban J connectivity index is 1.77. The quantitative estimate of drug-likeness (QED) is 0.710. The molecule has 1 unspecified atom stereocenters. The molecule has 1 aliphatic rings. The highest BCUT2D eigenvalue weighted by Gasteiger charge is 2.30. The highest BCUT2D eigenvalue weighted by Crippen LogP contribution is 2.24. The number of nitrogens with zero attached hydrogens (tertiary/aromatic N) is 3. The van der Waals surface area contributed by atoms with Gasteiger partial charge in [-0.25, -0.2) is 9.78 Å². The van der Waals surface area contributed by atoms with Gasteiger partial charge in [-0.3, -0.25) is 4.40 Å². The number of carbonyl (C=O) groups is 1. The number of aromatic nitrogens is 2. The number of hydrogen-bond donors (Lipinski definition) is 0. The summed E-state index contributed by atoms with van der Waals surface area (Å²) in [5.41, 5.74) is 1.15. The van der Waals surface area contributed by atoms with Gasteiger partial charge in [0.1, 0.15) is 17.4 Å². The fourth-order valence-electron chi connectivity index (χ4n) is 2.47. The number of amides is 1. The summed E-state index contributed by atoms with van der Waals surface area (Å²) in [5, 5.41) is 0. The topological polar surface area (TPSA) is 56.1 Å². The normalized spacial score (nSPS) is 19.1. The standard InChI is InChI=1S/C16H20BrN3O3/c1-16(2,3)23-15(21)19-7-8-22-12(10-19)11-9-20-13(17)5-4-6-14(20)18-11/h4-6,9,12H,7-8,10H2,1-3H3. The van der Waals surface area contributed by atoms with Crippen molar-refractivity contribution < 1.29 is 14.3 Å². The van der Waals surface area contributed by atoms with Gasteiger partial charge in [0.15, 0.2) is 0 Å². The van der Waals surface area contributed by atoms with Crippen molar-refractivity contribution in [2.45, 2.75) is 32.5 Å². The van der Waals surface area contributed by atoms with Crippen LogP contribution in [0.4, 0.5) is 4.79 Å². The van der Waals surface area contributed by atoms with Crippen molar-refractivity contribution in [1.82, 2.24) is 14.3 Å². The van der Waals surface area contributed by atoms with Gasteiger partial charge in [-0.05, 0) is 48.8 Å². The van der Waals surface area contributed by atoms with E-state index >= 15 is 0 Å². The molecule has 1 amide bonds. The Morgan fingerprint density at radius 3 is 2.91 bits per heavy atom. The van der Waals surface area contributed by atoms with Crippen molar-refractivity contribution in [3.63, 3.8) is 0 Å². The zero-order valence-corrected chi connectivity index (χ0v) is 15.0. The van der Waals surface area contributed by atoms with Gasteiger partial charge in [0.2, 0.25) is 0 Å². The van der Waals surface area contributed by atoms with Crippen LogP contribution in [0.3, 0.4) is 0 Å². The molecule has 1 fully saturated rings. The van der Waals surface area contributed by atoms with Crippen LogP contribution in [-0.2, 0) is 9.47 Å². The number of ether oxygens (including phenoxy) is 2. The van der Waals surface area contributed by atoms with Crippen LogP contribution >= 0.6 is 15.9 Å². The molecule has 1 aliphatic heterocycles. The van der Waals surface area contributed by atoms with Crippen molar-refractivity contribution >= 4 is 27.7 Å². The zero-order valence-electron chi connectivity index (χ0n) is 13.5. The van der Waals surface area contributed by atoms with Gasteiger partial charge in [0.05, 0.1) is 23.4 Å². The van der Waals surface area contributed by atoms with Crippen LogP contribution < -0.4 is 0 Å². The van der Waals surface area contributed by atoms with E-state index in [1.165, 1.54) is 0 Å². The molecule has 0 N–H and O–H groups in total. The number of fused-ring (bicyclic) bond motifs is 1. The molecule has 0 radical (unpaired) electrons. The molecule has 3 heterocycles. The zero-order chi connectivity index (χ0) is 16.6. The van der Waals surface area contributed by atoms with E-state index in [1.54, 1.807) is 4.90 Å². The van der Waals surface area contributed by atoms with Crippen LogP contribution in [0.1, 0.15) is 32.6 Å². The smallest absolute Gasteiger partial charge is 0.410 e. The summed E-state index contributed by atoms with van der Waals surface area (Å²) < 4.78 is 14.1. The maximum atomic E-state index is 12.2. The molecule has 1 saturated heterocycles. The number of carbonyl (C=O) groups excluding carboxylic acids is 1. The lowest BCUT2D eigenvalue weighted by atomic mass is 10.2. The Labute approximate surface area is 143 Å². The van der Waals surface area contributed by atoms with Crippen molar-refractivity contribution in [3.05, 3.63) is 34.7 Å². The van der Waals surface area contributed by atoms with E-state index in [2.05, 4.69) is 20.9 Å². The van der Waals surface area contributed by atoms with Gasteiger partial charge in [0, 0.05) is 12.7 Å². The number of halogens is 1. The van der Waals surface area contributed by atoms with E-state index in [0.29, 0.717) is 19.7 Å². The van der Waals surface area contributed by atoms with Crippen LogP contribution in [0.15, 0.2) is 29.0 Å². The second kappa shape index (κ2) is 6.13. The van der Waals surface area contributed by atoms with Crippen LogP contribution in [0.2, 0.25) is 0 Å². The molecule has 124 valence electrons. The first-order valence-corrected chi connectivity index (χ1v) is 8.36. The molecule has 6 nitrogen and oxygen atoms in total. The van der Waals surface area contributed by atoms with Gasteiger partial charge in [0.25, 0.3) is 0 Å². The number of imidazole rings is 1. The largest absolute Gasteiger partial charge is 0.444 e. The lowest BCUT2D eigenvalue weighted by Gasteiger charge is -2.33. The van der Waals surface area contributed by atoms with E-state index in [4.69, 9.17) is 9.47 Å². The first kappa shape index (κ1) is 16.3.